The summed E-state index contributed by atoms with van der Waals surface area (Å²) in [6, 6.07) is 3.62. The summed E-state index contributed by atoms with van der Waals surface area (Å²) < 4.78 is 0.854. The minimum Gasteiger partial charge on any atom is -0.398 e. The summed E-state index contributed by atoms with van der Waals surface area (Å²) in [6.45, 7) is 3.71. The smallest absolute Gasteiger partial charge is 0.162 e. The second-order valence-corrected chi connectivity index (χ2v) is 3.86. The summed E-state index contributed by atoms with van der Waals surface area (Å²) in [5, 5.41) is 0. The van der Waals surface area contributed by atoms with Gasteiger partial charge in [-0.05, 0) is 24.6 Å². The van der Waals surface area contributed by atoms with Crippen molar-refractivity contribution in [1.29, 1.82) is 0 Å². The molecule has 0 heterocycles. The van der Waals surface area contributed by atoms with Crippen molar-refractivity contribution in [1.82, 2.24) is 0 Å². The van der Waals surface area contributed by atoms with Gasteiger partial charge in [-0.3, -0.25) is 4.79 Å². The number of hydrogen-bond acceptors (Lipinski definition) is 2. The minimum absolute atomic E-state index is 0.130. The quantitative estimate of drug-likeness (QED) is 0.640. The van der Waals surface area contributed by atoms with Gasteiger partial charge in [-0.2, -0.15) is 0 Å². The number of nitrogens with two attached hydrogens (primary N) is 1. The molecule has 3 heteroatoms. The fourth-order valence-electron chi connectivity index (χ4n) is 1.18. The van der Waals surface area contributed by atoms with Crippen LogP contribution < -0.4 is 5.73 Å². The third kappa shape index (κ3) is 2.10. The Hall–Kier alpha value is -0.830. The molecule has 0 aromatic heterocycles. The second-order valence-electron chi connectivity index (χ2n) is 2.94. The van der Waals surface area contributed by atoms with Crippen LogP contribution in [-0.2, 0) is 0 Å². The number of carbonyl (C=O) groups excluding carboxylic acids is 1. The molecule has 0 radical (unpaired) electrons. The first-order chi connectivity index (χ1) is 6.06. The molecule has 0 saturated carbocycles. The van der Waals surface area contributed by atoms with Gasteiger partial charge in [-0.25, -0.2) is 0 Å². The third-order valence-corrected chi connectivity index (χ3v) is 2.49. The van der Waals surface area contributed by atoms with Gasteiger partial charge in [0, 0.05) is 22.1 Å². The number of anilines is 1. The highest BCUT2D eigenvalue weighted by molar-refractivity contribution is 9.10. The highest BCUT2D eigenvalue weighted by atomic mass is 79.9. The molecule has 0 aliphatic heterocycles. The Balaban J connectivity index is 3.28. The van der Waals surface area contributed by atoms with Gasteiger partial charge in [0.25, 0.3) is 0 Å². The minimum atomic E-state index is 0.130. The molecule has 0 amide bonds. The van der Waals surface area contributed by atoms with E-state index < -0.39 is 0 Å². The van der Waals surface area contributed by atoms with Crippen molar-refractivity contribution in [2.75, 3.05) is 5.73 Å². The molecule has 13 heavy (non-hydrogen) atoms. The summed E-state index contributed by atoms with van der Waals surface area (Å²) in [5.74, 6) is 0.130. The van der Waals surface area contributed by atoms with Crippen molar-refractivity contribution >= 4 is 27.4 Å². The highest BCUT2D eigenvalue weighted by Crippen LogP contribution is 2.23. The number of carbonyl (C=O) groups is 1. The van der Waals surface area contributed by atoms with Crippen LogP contribution in [0.25, 0.3) is 0 Å². The van der Waals surface area contributed by atoms with E-state index in [1.54, 1.807) is 0 Å². The molecular formula is C10H12BrNO. The van der Waals surface area contributed by atoms with Gasteiger partial charge < -0.3 is 5.73 Å². The summed E-state index contributed by atoms with van der Waals surface area (Å²) in [4.78, 5) is 11.5. The van der Waals surface area contributed by atoms with Gasteiger partial charge in [0.05, 0.1) is 0 Å². The van der Waals surface area contributed by atoms with Crippen molar-refractivity contribution in [3.63, 3.8) is 0 Å². The number of ketones is 1. The normalized spacial score (nSPS) is 10.1. The van der Waals surface area contributed by atoms with Crippen LogP contribution in [0.3, 0.4) is 0 Å². The molecule has 0 fully saturated rings. The van der Waals surface area contributed by atoms with Crippen LogP contribution in [0, 0.1) is 6.92 Å². The van der Waals surface area contributed by atoms with E-state index in [1.165, 1.54) is 0 Å². The van der Waals surface area contributed by atoms with E-state index in [1.807, 2.05) is 26.0 Å². The van der Waals surface area contributed by atoms with E-state index in [-0.39, 0.29) is 5.78 Å². The fraction of sp³-hybridized carbons (Fsp3) is 0.300. The lowest BCUT2D eigenvalue weighted by atomic mass is 10.0. The van der Waals surface area contributed by atoms with Crippen LogP contribution in [0.5, 0.6) is 0 Å². The standard InChI is InChI=1S/C10H12BrNO/c1-3-10(13)8-4-7(11)5-9(12)6(8)2/h4-5H,3,12H2,1-2H3. The molecule has 1 aromatic carbocycles. The van der Waals surface area contributed by atoms with Crippen molar-refractivity contribution in [2.24, 2.45) is 0 Å². The van der Waals surface area contributed by atoms with Crippen LogP contribution in [0.2, 0.25) is 0 Å². The predicted octanol–water partition coefficient (Wildman–Crippen LogP) is 2.93. The summed E-state index contributed by atoms with van der Waals surface area (Å²) in [6.07, 6.45) is 0.511. The molecule has 70 valence electrons. The van der Waals surface area contributed by atoms with Crippen molar-refractivity contribution in [3.8, 4) is 0 Å². The second kappa shape index (κ2) is 3.92. The molecule has 0 spiro atoms. The molecule has 1 rings (SSSR count). The molecule has 2 N–H and O–H groups in total. The van der Waals surface area contributed by atoms with E-state index in [2.05, 4.69) is 15.9 Å². The SMILES string of the molecule is CCC(=O)c1cc(Br)cc(N)c1C. The Morgan fingerprint density at radius 1 is 1.54 bits per heavy atom. The Kier molecular flexibility index (Phi) is 3.09. The first kappa shape index (κ1) is 10.3. The zero-order valence-corrected chi connectivity index (χ0v) is 9.31. The van der Waals surface area contributed by atoms with Crippen LogP contribution in [0.4, 0.5) is 5.69 Å². The number of benzene rings is 1. The maximum Gasteiger partial charge on any atom is 0.162 e. The van der Waals surface area contributed by atoms with Gasteiger partial charge in [-0.1, -0.05) is 22.9 Å². The number of hydrogen-bond donors (Lipinski definition) is 1. The van der Waals surface area contributed by atoms with E-state index in [0.29, 0.717) is 12.1 Å². The summed E-state index contributed by atoms with van der Waals surface area (Å²) in [5.41, 5.74) is 7.98. The lowest BCUT2D eigenvalue weighted by Crippen LogP contribution is -2.02. The molecule has 0 atom stereocenters. The van der Waals surface area contributed by atoms with E-state index in [4.69, 9.17) is 5.73 Å². The van der Waals surface area contributed by atoms with Crippen molar-refractivity contribution in [3.05, 3.63) is 27.7 Å². The van der Waals surface area contributed by atoms with Gasteiger partial charge in [0.1, 0.15) is 0 Å². The lowest BCUT2D eigenvalue weighted by molar-refractivity contribution is 0.0987. The molecule has 2 nitrogen and oxygen atoms in total. The molecule has 0 saturated heterocycles. The lowest BCUT2D eigenvalue weighted by Gasteiger charge is -2.07. The molecular weight excluding hydrogens is 230 g/mol. The Bertz CT molecular complexity index is 347. The summed E-state index contributed by atoms with van der Waals surface area (Å²) >= 11 is 3.31. The third-order valence-electron chi connectivity index (χ3n) is 2.03. The van der Waals surface area contributed by atoms with E-state index >= 15 is 0 Å². The maximum atomic E-state index is 11.5. The molecule has 0 unspecified atom stereocenters. The number of rotatable bonds is 2. The highest BCUT2D eigenvalue weighted by Gasteiger charge is 2.09. The molecule has 0 aliphatic rings. The number of Topliss-reactive ketones (excluding diaryl/α,β-unsaturated/α-hetero) is 1. The van der Waals surface area contributed by atoms with E-state index in [0.717, 1.165) is 15.6 Å². The maximum absolute atomic E-state index is 11.5. The van der Waals surface area contributed by atoms with E-state index in [9.17, 15) is 4.79 Å². The first-order valence-electron chi connectivity index (χ1n) is 4.15. The van der Waals surface area contributed by atoms with Gasteiger partial charge in [-0.15, -0.1) is 0 Å². The first-order valence-corrected chi connectivity index (χ1v) is 4.94. The largest absolute Gasteiger partial charge is 0.398 e. The van der Waals surface area contributed by atoms with Gasteiger partial charge in [0.2, 0.25) is 0 Å². The van der Waals surface area contributed by atoms with Crippen LogP contribution in [-0.4, -0.2) is 5.78 Å². The monoisotopic (exact) mass is 241 g/mol. The topological polar surface area (TPSA) is 43.1 Å². The Morgan fingerprint density at radius 3 is 2.69 bits per heavy atom. The average Bonchev–Trinajstić information content (AvgIpc) is 2.10. The van der Waals surface area contributed by atoms with Crippen molar-refractivity contribution < 1.29 is 4.79 Å². The molecule has 0 bridgehead atoms. The number of halogens is 1. The molecule has 1 aromatic rings. The Morgan fingerprint density at radius 2 is 2.15 bits per heavy atom. The van der Waals surface area contributed by atoms with Crippen LogP contribution in [0.15, 0.2) is 16.6 Å². The van der Waals surface area contributed by atoms with Crippen LogP contribution >= 0.6 is 15.9 Å². The zero-order valence-electron chi connectivity index (χ0n) is 7.73. The zero-order chi connectivity index (χ0) is 10.0. The predicted molar refractivity (Wildman–Crippen MR) is 57.9 cm³/mol. The number of nitrogen functional groups attached to an aromatic ring is 1. The summed E-state index contributed by atoms with van der Waals surface area (Å²) in [7, 11) is 0. The molecule has 0 aliphatic carbocycles. The van der Waals surface area contributed by atoms with Gasteiger partial charge in [0.15, 0.2) is 5.78 Å². The van der Waals surface area contributed by atoms with Crippen LogP contribution in [0.1, 0.15) is 29.3 Å². The van der Waals surface area contributed by atoms with Crippen molar-refractivity contribution in [2.45, 2.75) is 20.3 Å². The fourth-order valence-corrected chi connectivity index (χ4v) is 1.66. The average molecular weight is 242 g/mol. The van der Waals surface area contributed by atoms with Gasteiger partial charge >= 0.3 is 0 Å². The Labute approximate surface area is 86.3 Å².